The number of aromatic nitrogens is 2. The molecule has 0 spiro atoms. The number of nitrogens with one attached hydrogen (secondary N) is 2. The van der Waals surface area contributed by atoms with Gasteiger partial charge in [-0.05, 0) is 44.3 Å². The smallest absolute Gasteiger partial charge is 0.229 e. The van der Waals surface area contributed by atoms with Gasteiger partial charge in [-0.25, -0.2) is 4.98 Å². The van der Waals surface area contributed by atoms with Gasteiger partial charge in [0.15, 0.2) is 0 Å². The van der Waals surface area contributed by atoms with Crippen LogP contribution in [0.2, 0.25) is 5.02 Å². The van der Waals surface area contributed by atoms with E-state index in [1.54, 1.807) is 0 Å². The zero-order valence-corrected chi connectivity index (χ0v) is 14.7. The molecule has 0 bridgehead atoms. The molecule has 1 aromatic heterocycles. The van der Waals surface area contributed by atoms with Crippen LogP contribution in [0.15, 0.2) is 30.3 Å². The zero-order chi connectivity index (χ0) is 16.7. The van der Waals surface area contributed by atoms with E-state index in [-0.39, 0.29) is 0 Å². The fraction of sp³-hybridized carbons (Fsp3) is 0.412. The molecule has 2 rings (SSSR count). The molecule has 2 N–H and O–H groups in total. The van der Waals surface area contributed by atoms with Gasteiger partial charge in [-0.15, -0.1) is 0 Å². The number of hydrogen-bond donors (Lipinski definition) is 2. The van der Waals surface area contributed by atoms with E-state index in [1.807, 2.05) is 37.3 Å². The van der Waals surface area contributed by atoms with Crippen molar-refractivity contribution < 1.29 is 0 Å². The molecule has 0 fully saturated rings. The van der Waals surface area contributed by atoms with Crippen molar-refractivity contribution in [1.82, 2.24) is 14.9 Å². The molecule has 5 nitrogen and oxygen atoms in total. The van der Waals surface area contributed by atoms with Gasteiger partial charge in [0.25, 0.3) is 0 Å². The Bertz CT molecular complexity index is 611. The Kier molecular flexibility index (Phi) is 6.62. The number of halogens is 1. The molecule has 2 aromatic rings. The average Bonchev–Trinajstić information content (AvgIpc) is 2.53. The highest BCUT2D eigenvalue weighted by Gasteiger charge is 2.04. The van der Waals surface area contributed by atoms with Gasteiger partial charge in [0.1, 0.15) is 5.82 Å². The molecule has 0 saturated carbocycles. The predicted octanol–water partition coefficient (Wildman–Crippen LogP) is 3.94. The minimum absolute atomic E-state index is 0.581. The zero-order valence-electron chi connectivity index (χ0n) is 13.9. The third kappa shape index (κ3) is 5.69. The molecule has 124 valence electrons. The first-order valence-corrected chi connectivity index (χ1v) is 8.33. The van der Waals surface area contributed by atoms with Gasteiger partial charge >= 0.3 is 0 Å². The van der Waals surface area contributed by atoms with Crippen LogP contribution in [0.4, 0.5) is 17.5 Å². The van der Waals surface area contributed by atoms with Crippen molar-refractivity contribution in [2.75, 3.05) is 36.8 Å². The molecule has 0 aliphatic rings. The van der Waals surface area contributed by atoms with Crippen molar-refractivity contribution in [1.29, 1.82) is 0 Å². The largest absolute Gasteiger partial charge is 0.369 e. The Morgan fingerprint density at radius 1 is 1.09 bits per heavy atom. The van der Waals surface area contributed by atoms with Gasteiger partial charge in [-0.1, -0.05) is 25.4 Å². The second-order valence-electron chi connectivity index (χ2n) is 5.30. The van der Waals surface area contributed by atoms with Crippen molar-refractivity contribution in [3.8, 4) is 0 Å². The lowest BCUT2D eigenvalue weighted by molar-refractivity contribution is 0.316. The standard InChI is InChI=1S/C17H24ClN5/c1-4-23(5-2)11-10-19-16-12-13(3)20-17(22-16)21-15-8-6-14(18)7-9-15/h6-9,12H,4-5,10-11H2,1-3H3,(H2,19,20,21,22). The second-order valence-corrected chi connectivity index (χ2v) is 5.74. The van der Waals surface area contributed by atoms with Crippen molar-refractivity contribution in [2.45, 2.75) is 20.8 Å². The Morgan fingerprint density at radius 3 is 2.43 bits per heavy atom. The van der Waals surface area contributed by atoms with E-state index in [9.17, 15) is 0 Å². The third-order valence-electron chi connectivity index (χ3n) is 3.58. The summed E-state index contributed by atoms with van der Waals surface area (Å²) < 4.78 is 0. The lowest BCUT2D eigenvalue weighted by atomic mass is 10.3. The monoisotopic (exact) mass is 333 g/mol. The third-order valence-corrected chi connectivity index (χ3v) is 3.84. The normalized spacial score (nSPS) is 10.8. The van der Waals surface area contributed by atoms with Crippen molar-refractivity contribution in [2.24, 2.45) is 0 Å². The van der Waals surface area contributed by atoms with Gasteiger partial charge in [0.05, 0.1) is 0 Å². The summed E-state index contributed by atoms with van der Waals surface area (Å²) in [5.74, 6) is 1.42. The number of anilines is 3. The van der Waals surface area contributed by atoms with Crippen LogP contribution in [0.3, 0.4) is 0 Å². The van der Waals surface area contributed by atoms with Gasteiger partial charge in [-0.2, -0.15) is 4.98 Å². The first-order valence-electron chi connectivity index (χ1n) is 7.95. The summed E-state index contributed by atoms with van der Waals surface area (Å²) in [6.07, 6.45) is 0. The molecule has 0 atom stereocenters. The summed E-state index contributed by atoms with van der Waals surface area (Å²) in [5, 5.41) is 7.28. The summed E-state index contributed by atoms with van der Waals surface area (Å²) in [7, 11) is 0. The van der Waals surface area contributed by atoms with Crippen LogP contribution in [-0.2, 0) is 0 Å². The van der Waals surface area contributed by atoms with Crippen molar-refractivity contribution in [3.63, 3.8) is 0 Å². The topological polar surface area (TPSA) is 53.1 Å². The van der Waals surface area contributed by atoms with Crippen LogP contribution in [0.5, 0.6) is 0 Å². The Labute approximate surface area is 143 Å². The number of hydrogen-bond acceptors (Lipinski definition) is 5. The fourth-order valence-corrected chi connectivity index (χ4v) is 2.39. The maximum absolute atomic E-state index is 5.90. The van der Waals surface area contributed by atoms with Crippen LogP contribution in [0.25, 0.3) is 0 Å². The lowest BCUT2D eigenvalue weighted by Crippen LogP contribution is -2.28. The minimum Gasteiger partial charge on any atom is -0.369 e. The first-order chi connectivity index (χ1) is 11.1. The summed E-state index contributed by atoms with van der Waals surface area (Å²) in [6, 6.07) is 9.43. The average molecular weight is 334 g/mol. The van der Waals surface area contributed by atoms with Gasteiger partial charge in [-0.3, -0.25) is 0 Å². The van der Waals surface area contributed by atoms with E-state index in [0.717, 1.165) is 43.4 Å². The van der Waals surface area contributed by atoms with Crippen molar-refractivity contribution in [3.05, 3.63) is 41.0 Å². The molecule has 1 heterocycles. The fourth-order valence-electron chi connectivity index (χ4n) is 2.26. The molecule has 6 heteroatoms. The molecule has 0 aliphatic carbocycles. The molecule has 0 amide bonds. The van der Waals surface area contributed by atoms with E-state index in [1.165, 1.54) is 0 Å². The van der Waals surface area contributed by atoms with Crippen LogP contribution in [0, 0.1) is 6.92 Å². The number of benzene rings is 1. The number of likely N-dealkylation sites (N-methyl/N-ethyl adjacent to an activating group) is 1. The molecular weight excluding hydrogens is 310 g/mol. The van der Waals surface area contributed by atoms with Gasteiger partial charge in [0.2, 0.25) is 5.95 Å². The summed E-state index contributed by atoms with van der Waals surface area (Å²) in [4.78, 5) is 11.3. The Hall–Kier alpha value is -1.85. The molecule has 0 radical (unpaired) electrons. The SMILES string of the molecule is CCN(CC)CCNc1cc(C)nc(Nc2ccc(Cl)cc2)n1. The maximum Gasteiger partial charge on any atom is 0.229 e. The Morgan fingerprint density at radius 2 is 1.78 bits per heavy atom. The number of rotatable bonds is 8. The molecular formula is C17H24ClN5. The number of aryl methyl sites for hydroxylation is 1. The summed E-state index contributed by atoms with van der Waals surface area (Å²) in [6.45, 7) is 10.3. The van der Waals surface area contributed by atoms with Crippen LogP contribution in [-0.4, -0.2) is 41.0 Å². The van der Waals surface area contributed by atoms with Gasteiger partial charge < -0.3 is 15.5 Å². The maximum atomic E-state index is 5.90. The highest BCUT2D eigenvalue weighted by molar-refractivity contribution is 6.30. The van der Waals surface area contributed by atoms with Crippen LogP contribution < -0.4 is 10.6 Å². The summed E-state index contributed by atoms with van der Waals surface area (Å²) in [5.41, 5.74) is 1.83. The predicted molar refractivity (Wildman–Crippen MR) is 97.8 cm³/mol. The van der Waals surface area contributed by atoms with Crippen LogP contribution >= 0.6 is 11.6 Å². The second kappa shape index (κ2) is 8.70. The first kappa shape index (κ1) is 17.5. The van der Waals surface area contributed by atoms with Crippen molar-refractivity contribution >= 4 is 29.1 Å². The highest BCUT2D eigenvalue weighted by Crippen LogP contribution is 2.18. The molecule has 23 heavy (non-hydrogen) atoms. The van der Waals surface area contributed by atoms with E-state index >= 15 is 0 Å². The van der Waals surface area contributed by atoms with E-state index in [4.69, 9.17) is 11.6 Å². The molecule has 1 aromatic carbocycles. The summed E-state index contributed by atoms with van der Waals surface area (Å²) >= 11 is 5.90. The highest BCUT2D eigenvalue weighted by atomic mass is 35.5. The van der Waals surface area contributed by atoms with E-state index in [0.29, 0.717) is 11.0 Å². The van der Waals surface area contributed by atoms with Crippen LogP contribution in [0.1, 0.15) is 19.5 Å². The molecule has 0 saturated heterocycles. The van der Waals surface area contributed by atoms with Gasteiger partial charge in [0, 0.05) is 35.6 Å². The minimum atomic E-state index is 0.581. The number of nitrogens with zero attached hydrogens (tertiary/aromatic N) is 3. The Balaban J connectivity index is 1.99. The van der Waals surface area contributed by atoms with E-state index in [2.05, 4.69) is 39.3 Å². The quantitative estimate of drug-likeness (QED) is 0.766. The van der Waals surface area contributed by atoms with E-state index < -0.39 is 0 Å². The molecule has 0 unspecified atom stereocenters. The molecule has 0 aliphatic heterocycles. The lowest BCUT2D eigenvalue weighted by Gasteiger charge is -2.18.